The van der Waals surface area contributed by atoms with Crippen LogP contribution in [0.15, 0.2) is 72.9 Å². The molecular weight excluding hydrogens is 510 g/mol. The molecule has 1 aliphatic rings. The van der Waals surface area contributed by atoms with Crippen LogP contribution in [0.5, 0.6) is 0 Å². The zero-order valence-corrected chi connectivity index (χ0v) is 23.0. The molecule has 0 saturated heterocycles. The molecule has 200 valence electrons. The highest BCUT2D eigenvalue weighted by Gasteiger charge is 2.31. The van der Waals surface area contributed by atoms with E-state index in [0.29, 0.717) is 29.5 Å². The zero-order valence-electron chi connectivity index (χ0n) is 22.3. The predicted molar refractivity (Wildman–Crippen MR) is 155 cm³/mol. The molecular formula is C31H32ClN5O2. The van der Waals surface area contributed by atoms with Gasteiger partial charge in [-0.2, -0.15) is 0 Å². The third-order valence-corrected chi connectivity index (χ3v) is 7.72. The van der Waals surface area contributed by atoms with Crippen LogP contribution in [0.4, 0.5) is 5.69 Å². The highest BCUT2D eigenvalue weighted by Crippen LogP contribution is 2.29. The smallest absolute Gasteiger partial charge is 0.268 e. The summed E-state index contributed by atoms with van der Waals surface area (Å²) in [5.41, 5.74) is 7.22. The summed E-state index contributed by atoms with van der Waals surface area (Å²) in [4.78, 5) is 31.6. The lowest BCUT2D eigenvalue weighted by Gasteiger charge is -2.26. The Kier molecular flexibility index (Phi) is 7.82. The molecule has 0 fully saturated rings. The number of fused-ring (bicyclic) bond motifs is 1. The normalized spacial score (nSPS) is 14.3. The Morgan fingerprint density at radius 1 is 1.03 bits per heavy atom. The topological polar surface area (TPSA) is 88.1 Å². The lowest BCUT2D eigenvalue weighted by atomic mass is 9.92. The molecule has 2 amide bonds. The zero-order chi connectivity index (χ0) is 27.5. The van der Waals surface area contributed by atoms with Crippen LogP contribution >= 0.6 is 11.6 Å². The number of carbonyl (C=O) groups excluding carboxylic acids is 2. The molecule has 8 heteroatoms. The van der Waals surface area contributed by atoms with E-state index >= 15 is 0 Å². The predicted octanol–water partition coefficient (Wildman–Crippen LogP) is 5.46. The van der Waals surface area contributed by atoms with Gasteiger partial charge in [0.05, 0.1) is 0 Å². The van der Waals surface area contributed by atoms with Crippen molar-refractivity contribution in [3.63, 3.8) is 0 Å². The van der Waals surface area contributed by atoms with Crippen LogP contribution < -0.4 is 16.0 Å². The van der Waals surface area contributed by atoms with Gasteiger partial charge < -0.3 is 20.5 Å². The molecule has 5 rings (SSSR count). The second-order valence-electron chi connectivity index (χ2n) is 9.95. The summed E-state index contributed by atoms with van der Waals surface area (Å²) in [5.74, 6) is -0.982. The highest BCUT2D eigenvalue weighted by atomic mass is 35.5. The number of amides is 2. The third-order valence-electron chi connectivity index (χ3n) is 7.38. The lowest BCUT2D eigenvalue weighted by molar-refractivity contribution is -0.118. The summed E-state index contributed by atoms with van der Waals surface area (Å²) in [6, 6.07) is 20.0. The van der Waals surface area contributed by atoms with Gasteiger partial charge in [-0.15, -0.1) is 0 Å². The number of anilines is 1. The number of rotatable bonds is 7. The minimum atomic E-state index is -0.854. The number of hydrogen-bond donors (Lipinski definition) is 3. The first-order valence-electron chi connectivity index (χ1n) is 13.1. The van der Waals surface area contributed by atoms with E-state index in [4.69, 9.17) is 11.6 Å². The first kappa shape index (κ1) is 26.7. The van der Waals surface area contributed by atoms with E-state index in [-0.39, 0.29) is 17.7 Å². The molecule has 1 aliphatic heterocycles. The van der Waals surface area contributed by atoms with E-state index in [0.717, 1.165) is 40.2 Å². The minimum Gasteiger partial charge on any atom is -0.338 e. The molecule has 3 heterocycles. The number of hydrogen-bond acceptors (Lipinski definition) is 4. The number of carbonyl (C=O) groups is 2. The average Bonchev–Trinajstić information content (AvgIpc) is 3.37. The number of aromatic nitrogens is 2. The molecule has 2 atom stereocenters. The Bertz CT molecular complexity index is 1490. The second kappa shape index (κ2) is 11.4. The van der Waals surface area contributed by atoms with Crippen molar-refractivity contribution in [2.45, 2.75) is 45.8 Å². The first-order valence-corrected chi connectivity index (χ1v) is 13.5. The van der Waals surface area contributed by atoms with Crippen LogP contribution in [-0.2, 0) is 17.9 Å². The SMILES string of the molecule is Cc1ccnc(C)c1-c1ccc(NC(=O)C(NC(=O)c2ccc3n2CCNC3)C(C)c2ccccc2Cl)cc1. The molecule has 7 nitrogen and oxygen atoms in total. The molecule has 2 aromatic carbocycles. The number of nitrogens with zero attached hydrogens (tertiary/aromatic N) is 2. The summed E-state index contributed by atoms with van der Waals surface area (Å²) < 4.78 is 2.00. The third kappa shape index (κ3) is 5.60. The van der Waals surface area contributed by atoms with E-state index in [1.54, 1.807) is 12.3 Å². The molecule has 2 aromatic heterocycles. The van der Waals surface area contributed by atoms with Crippen molar-refractivity contribution in [3.05, 3.63) is 106 Å². The monoisotopic (exact) mass is 541 g/mol. The number of nitrogens with one attached hydrogen (secondary N) is 3. The fraction of sp³-hybridized carbons (Fsp3) is 0.258. The van der Waals surface area contributed by atoms with Gasteiger partial charge in [0.1, 0.15) is 11.7 Å². The van der Waals surface area contributed by atoms with Gasteiger partial charge >= 0.3 is 0 Å². The minimum absolute atomic E-state index is 0.292. The summed E-state index contributed by atoms with van der Waals surface area (Å²) >= 11 is 6.50. The van der Waals surface area contributed by atoms with Gasteiger partial charge in [-0.1, -0.05) is 48.9 Å². The second-order valence-corrected chi connectivity index (χ2v) is 10.4. The molecule has 2 unspecified atom stereocenters. The summed E-state index contributed by atoms with van der Waals surface area (Å²) in [6.45, 7) is 8.14. The number of halogens is 1. The fourth-order valence-corrected chi connectivity index (χ4v) is 5.57. The van der Waals surface area contributed by atoms with Crippen molar-refractivity contribution < 1.29 is 9.59 Å². The maximum atomic E-state index is 13.7. The van der Waals surface area contributed by atoms with Gasteiger partial charge in [0.2, 0.25) is 5.91 Å². The molecule has 0 aliphatic carbocycles. The quantitative estimate of drug-likeness (QED) is 0.290. The Morgan fingerprint density at radius 2 is 1.79 bits per heavy atom. The van der Waals surface area contributed by atoms with E-state index in [2.05, 4.69) is 27.9 Å². The van der Waals surface area contributed by atoms with Crippen LogP contribution in [0.25, 0.3) is 11.1 Å². The van der Waals surface area contributed by atoms with Gasteiger partial charge in [0.25, 0.3) is 5.91 Å². The molecule has 0 saturated carbocycles. The number of pyridine rings is 1. The highest BCUT2D eigenvalue weighted by molar-refractivity contribution is 6.31. The molecule has 0 spiro atoms. The number of aryl methyl sites for hydroxylation is 2. The Labute approximate surface area is 233 Å². The summed E-state index contributed by atoms with van der Waals surface area (Å²) in [6.07, 6.45) is 1.80. The maximum Gasteiger partial charge on any atom is 0.268 e. The van der Waals surface area contributed by atoms with Crippen molar-refractivity contribution in [1.29, 1.82) is 0 Å². The van der Waals surface area contributed by atoms with Crippen molar-refractivity contribution in [3.8, 4) is 11.1 Å². The summed E-state index contributed by atoms with van der Waals surface area (Å²) in [5, 5.41) is 9.87. The largest absolute Gasteiger partial charge is 0.338 e. The molecule has 0 radical (unpaired) electrons. The molecule has 0 bridgehead atoms. The van der Waals surface area contributed by atoms with E-state index in [1.807, 2.05) is 79.1 Å². The first-order chi connectivity index (χ1) is 18.8. The molecule has 4 aromatic rings. The van der Waals surface area contributed by atoms with Crippen molar-refractivity contribution >= 4 is 29.1 Å². The van der Waals surface area contributed by atoms with Crippen LogP contribution in [0.1, 0.15) is 45.8 Å². The van der Waals surface area contributed by atoms with Crippen molar-refractivity contribution in [2.24, 2.45) is 0 Å². The Hall–Kier alpha value is -3.94. The van der Waals surface area contributed by atoms with Crippen LogP contribution in [-0.4, -0.2) is 34.0 Å². The van der Waals surface area contributed by atoms with Gasteiger partial charge in [0.15, 0.2) is 0 Å². The van der Waals surface area contributed by atoms with Crippen LogP contribution in [0.2, 0.25) is 5.02 Å². The van der Waals surface area contributed by atoms with Crippen molar-refractivity contribution in [1.82, 2.24) is 20.2 Å². The number of benzene rings is 2. The Morgan fingerprint density at radius 3 is 2.54 bits per heavy atom. The fourth-order valence-electron chi connectivity index (χ4n) is 5.26. The Balaban J connectivity index is 1.40. The van der Waals surface area contributed by atoms with E-state index in [1.165, 1.54) is 0 Å². The van der Waals surface area contributed by atoms with Gasteiger partial charge in [-0.3, -0.25) is 14.6 Å². The van der Waals surface area contributed by atoms with Gasteiger partial charge in [-0.25, -0.2) is 0 Å². The maximum absolute atomic E-state index is 13.7. The van der Waals surface area contributed by atoms with Gasteiger partial charge in [0, 0.05) is 59.4 Å². The van der Waals surface area contributed by atoms with Crippen LogP contribution in [0.3, 0.4) is 0 Å². The standard InChI is InChI=1S/C31H32ClN5O2/c1-19-14-15-34-21(3)28(19)22-8-10-23(11-9-22)35-31(39)29(20(2)25-6-4-5-7-26(25)32)36-30(38)27-13-12-24-18-33-16-17-37(24)27/h4-15,20,29,33H,16-18H2,1-3H3,(H,35,39)(H,36,38). The summed E-state index contributed by atoms with van der Waals surface area (Å²) in [7, 11) is 0. The van der Waals surface area contributed by atoms with E-state index < -0.39 is 6.04 Å². The molecule has 3 N–H and O–H groups in total. The van der Waals surface area contributed by atoms with E-state index in [9.17, 15) is 9.59 Å². The van der Waals surface area contributed by atoms with Crippen molar-refractivity contribution in [2.75, 3.05) is 11.9 Å². The molecule has 39 heavy (non-hydrogen) atoms. The van der Waals surface area contributed by atoms with Gasteiger partial charge in [-0.05, 0) is 66.9 Å². The lowest BCUT2D eigenvalue weighted by Crippen LogP contribution is -2.47. The average molecular weight is 542 g/mol. The van der Waals surface area contributed by atoms with Crippen LogP contribution in [0, 0.1) is 13.8 Å².